The Morgan fingerprint density at radius 3 is 2.48 bits per heavy atom. The molecule has 0 saturated heterocycles. The highest BCUT2D eigenvalue weighted by Gasteiger charge is 2.17. The number of carboxylic acid groups (broad SMARTS) is 2. The lowest BCUT2D eigenvalue weighted by Gasteiger charge is -2.14. The lowest BCUT2D eigenvalue weighted by molar-refractivity contribution is -0.368. The first-order chi connectivity index (χ1) is 14.5. The van der Waals surface area contributed by atoms with Gasteiger partial charge in [-0.3, -0.25) is 4.79 Å². The normalized spacial score (nSPS) is 11.9. The number of aliphatic carboxylic acids is 1. The molecule has 1 aromatic heterocycles. The van der Waals surface area contributed by atoms with E-state index in [-0.39, 0.29) is 22.8 Å². The number of anilines is 1. The molecule has 1 heterocycles. The third-order valence-electron chi connectivity index (χ3n) is 3.96. The number of rotatable bonds is 10. The van der Waals surface area contributed by atoms with Crippen molar-refractivity contribution >= 4 is 39.3 Å². The largest absolute Gasteiger partial charge is 0.545 e. The highest BCUT2D eigenvalue weighted by atomic mass is 35.5. The van der Waals surface area contributed by atoms with E-state index in [4.69, 9.17) is 32.0 Å². The van der Waals surface area contributed by atoms with Crippen molar-refractivity contribution in [2.45, 2.75) is 36.7 Å². The zero-order valence-corrected chi connectivity index (χ0v) is 18.1. The number of hydrogen-bond donors (Lipinski definition) is 5. The van der Waals surface area contributed by atoms with Crippen LogP contribution in [0.3, 0.4) is 0 Å². The molecular weight excluding hydrogens is 452 g/mol. The summed E-state index contributed by atoms with van der Waals surface area (Å²) >= 11 is 5.82. The van der Waals surface area contributed by atoms with Crippen molar-refractivity contribution in [2.24, 2.45) is 10.9 Å². The minimum atomic E-state index is -4.13. The van der Waals surface area contributed by atoms with Gasteiger partial charge in [-0.2, -0.15) is 0 Å². The number of carbonyl (C=O) groups excluding carboxylic acids is 1. The van der Waals surface area contributed by atoms with Crippen LogP contribution in [0.25, 0.3) is 0 Å². The van der Waals surface area contributed by atoms with E-state index in [0.29, 0.717) is 12.2 Å². The summed E-state index contributed by atoms with van der Waals surface area (Å²) in [6, 6.07) is 4.69. The number of nitrogens with two attached hydrogens (primary N) is 2. The topological polar surface area (TPSA) is 216 Å². The molecule has 1 unspecified atom stereocenters. The maximum Gasteiger partial charge on any atom is 0.320 e. The molecule has 13 heteroatoms. The second kappa shape index (κ2) is 12.3. The Bertz CT molecular complexity index is 981. The van der Waals surface area contributed by atoms with E-state index >= 15 is 0 Å². The zero-order valence-electron chi connectivity index (χ0n) is 16.5. The predicted octanol–water partition coefficient (Wildman–Crippen LogP) is -0.633. The minimum Gasteiger partial charge on any atom is -0.545 e. The van der Waals surface area contributed by atoms with Gasteiger partial charge in [-0.15, -0.1) is 0 Å². The maximum absolute atomic E-state index is 11.3. The van der Waals surface area contributed by atoms with E-state index in [1.807, 2.05) is 0 Å². The highest BCUT2D eigenvalue weighted by Crippen LogP contribution is 2.28. The van der Waals surface area contributed by atoms with Gasteiger partial charge >= 0.3 is 5.97 Å². The summed E-state index contributed by atoms with van der Waals surface area (Å²) in [4.78, 5) is 20.8. The number of nitrogens with one attached hydrogen (secondary N) is 1. The van der Waals surface area contributed by atoms with Crippen molar-refractivity contribution in [3.05, 3.63) is 46.9 Å². The summed E-state index contributed by atoms with van der Waals surface area (Å²) in [5.74, 6) is -1.91. The standard InChI is InChI=1S/C12H11ClN2O5S.C6H14N2O2/c13-9-5-10(15-6-7-2-1-3-20-7)8(12(16)17)4-11(9)21(14,18)19;7-4-2-1-3-5(8)6(9)10/h1-5,15H,6H2,(H,16,17)(H2,14,18,19);5H,1-4,7-8H2,(H,9,10). The molecule has 1 aromatic carbocycles. The number of primary sulfonamides is 1. The molecule has 9 N–H and O–H groups in total. The van der Waals surface area contributed by atoms with Gasteiger partial charge in [-0.1, -0.05) is 11.6 Å². The first kappa shape index (κ1) is 26.4. The third kappa shape index (κ3) is 8.94. The van der Waals surface area contributed by atoms with E-state index in [0.717, 1.165) is 31.5 Å². The molecule has 0 aliphatic heterocycles. The van der Waals surface area contributed by atoms with Gasteiger partial charge < -0.3 is 36.2 Å². The van der Waals surface area contributed by atoms with Crippen molar-refractivity contribution in [1.82, 2.24) is 0 Å². The van der Waals surface area contributed by atoms with Crippen LogP contribution in [-0.4, -0.2) is 38.0 Å². The van der Waals surface area contributed by atoms with Gasteiger partial charge in [-0.25, -0.2) is 13.6 Å². The Kier molecular flexibility index (Phi) is 10.4. The number of carboxylic acids is 2. The van der Waals surface area contributed by atoms with Crippen molar-refractivity contribution in [2.75, 3.05) is 11.9 Å². The fourth-order valence-corrected chi connectivity index (χ4v) is 3.45. The second-order valence-electron chi connectivity index (χ2n) is 6.39. The smallest absolute Gasteiger partial charge is 0.320 e. The molecular formula is C18H25ClN4O7S. The van der Waals surface area contributed by atoms with Gasteiger partial charge in [0.2, 0.25) is 10.0 Å². The van der Waals surface area contributed by atoms with Crippen molar-refractivity contribution in [1.29, 1.82) is 0 Å². The number of hydrogen-bond acceptors (Lipinski definition) is 8. The van der Waals surface area contributed by atoms with E-state index in [9.17, 15) is 23.1 Å². The summed E-state index contributed by atoms with van der Waals surface area (Å²) in [6.07, 6.45) is 3.84. The number of quaternary nitrogens is 1. The summed E-state index contributed by atoms with van der Waals surface area (Å²) in [5, 5.41) is 27.0. The summed E-state index contributed by atoms with van der Waals surface area (Å²) < 4.78 is 27.7. The molecule has 2 aromatic rings. The molecule has 0 spiro atoms. The van der Waals surface area contributed by atoms with Crippen LogP contribution >= 0.6 is 11.6 Å². The Hall–Kier alpha value is -2.64. The van der Waals surface area contributed by atoms with Crippen LogP contribution in [0.1, 0.15) is 35.4 Å². The molecule has 0 radical (unpaired) electrons. The number of aromatic carboxylic acids is 1. The van der Waals surface area contributed by atoms with Crippen molar-refractivity contribution < 1.29 is 38.4 Å². The van der Waals surface area contributed by atoms with E-state index in [2.05, 4.69) is 11.1 Å². The lowest BCUT2D eigenvalue weighted by atomic mass is 10.1. The van der Waals surface area contributed by atoms with E-state index in [1.165, 1.54) is 6.26 Å². The second-order valence-corrected chi connectivity index (χ2v) is 8.32. The molecule has 11 nitrogen and oxygen atoms in total. The SMILES string of the molecule is NC(CCCC[NH3+])C(=O)O.NS(=O)(=O)c1cc(C(=O)[O-])c(NCc2ccco2)cc1Cl. The first-order valence-electron chi connectivity index (χ1n) is 9.09. The highest BCUT2D eigenvalue weighted by molar-refractivity contribution is 7.89. The Morgan fingerprint density at radius 2 is 2.00 bits per heavy atom. The summed E-state index contributed by atoms with van der Waals surface area (Å²) in [7, 11) is -4.13. The van der Waals surface area contributed by atoms with Crippen LogP contribution in [-0.2, 0) is 21.4 Å². The summed E-state index contributed by atoms with van der Waals surface area (Å²) in [6.45, 7) is 1.05. The molecule has 1 atom stereocenters. The molecule has 0 amide bonds. The number of sulfonamides is 1. The number of furan rings is 1. The maximum atomic E-state index is 11.3. The molecule has 31 heavy (non-hydrogen) atoms. The van der Waals surface area contributed by atoms with Crippen LogP contribution in [0, 0.1) is 0 Å². The van der Waals surface area contributed by atoms with Gasteiger partial charge in [0.1, 0.15) is 16.7 Å². The fourth-order valence-electron chi connectivity index (χ4n) is 2.35. The van der Waals surface area contributed by atoms with Gasteiger partial charge in [0.05, 0.1) is 30.3 Å². The lowest BCUT2D eigenvalue weighted by Crippen LogP contribution is -2.50. The fraction of sp³-hybridized carbons (Fsp3) is 0.333. The minimum absolute atomic E-state index is 0.101. The zero-order chi connectivity index (χ0) is 23.6. The molecule has 0 saturated carbocycles. The molecule has 0 bridgehead atoms. The molecule has 0 aliphatic carbocycles. The summed E-state index contributed by atoms with van der Waals surface area (Å²) in [5.41, 5.74) is 8.61. The Morgan fingerprint density at radius 1 is 1.32 bits per heavy atom. The number of benzene rings is 1. The van der Waals surface area contributed by atoms with Crippen LogP contribution < -0.4 is 27.0 Å². The van der Waals surface area contributed by atoms with Crippen LogP contribution in [0.15, 0.2) is 39.8 Å². The van der Waals surface area contributed by atoms with E-state index < -0.39 is 32.9 Å². The van der Waals surface area contributed by atoms with Crippen molar-refractivity contribution in [3.63, 3.8) is 0 Å². The monoisotopic (exact) mass is 476 g/mol. The van der Waals surface area contributed by atoms with Crippen LogP contribution in [0.5, 0.6) is 0 Å². The first-order valence-corrected chi connectivity index (χ1v) is 11.0. The van der Waals surface area contributed by atoms with Crippen LogP contribution in [0.4, 0.5) is 5.69 Å². The average molecular weight is 477 g/mol. The molecule has 0 aliphatic rings. The van der Waals surface area contributed by atoms with Crippen molar-refractivity contribution in [3.8, 4) is 0 Å². The number of halogens is 1. The Labute approximate surface area is 184 Å². The van der Waals surface area contributed by atoms with Gasteiger partial charge in [-0.05, 0) is 43.5 Å². The molecule has 2 rings (SSSR count). The quantitative estimate of drug-likeness (QED) is 0.275. The Balaban J connectivity index is 0.000000407. The molecule has 172 valence electrons. The average Bonchev–Trinajstić information content (AvgIpc) is 3.19. The molecule has 0 fully saturated rings. The van der Waals surface area contributed by atoms with Gasteiger partial charge in [0, 0.05) is 11.3 Å². The third-order valence-corrected chi connectivity index (χ3v) is 5.34. The number of unbranched alkanes of at least 4 members (excludes halogenated alkanes) is 1. The van der Waals surface area contributed by atoms with Gasteiger partial charge in [0.25, 0.3) is 0 Å². The van der Waals surface area contributed by atoms with E-state index in [1.54, 1.807) is 12.1 Å². The predicted molar refractivity (Wildman–Crippen MR) is 110 cm³/mol. The van der Waals surface area contributed by atoms with Gasteiger partial charge in [0.15, 0.2) is 0 Å². The van der Waals surface area contributed by atoms with Crippen LogP contribution in [0.2, 0.25) is 5.02 Å². The number of carbonyl (C=O) groups is 2.